The van der Waals surface area contributed by atoms with Crippen molar-refractivity contribution in [2.45, 2.75) is 0 Å². The molecule has 19 heavy (non-hydrogen) atoms. The van der Waals surface area contributed by atoms with Gasteiger partial charge in [-0.3, -0.25) is 4.98 Å². The van der Waals surface area contributed by atoms with E-state index in [4.69, 9.17) is 4.42 Å². The van der Waals surface area contributed by atoms with Gasteiger partial charge in [0.2, 0.25) is 4.96 Å². The van der Waals surface area contributed by atoms with Gasteiger partial charge >= 0.3 is 0 Å². The lowest BCUT2D eigenvalue weighted by molar-refractivity contribution is 0.568. The van der Waals surface area contributed by atoms with E-state index in [-0.39, 0.29) is 0 Å². The molecule has 0 spiro atoms. The quantitative estimate of drug-likeness (QED) is 0.559. The van der Waals surface area contributed by atoms with Crippen molar-refractivity contribution < 1.29 is 4.42 Å². The first-order valence-electron chi connectivity index (χ1n) is 5.57. The summed E-state index contributed by atoms with van der Waals surface area (Å²) in [5, 5.41) is 13.6. The molecular weight excluding hydrogens is 262 g/mol. The van der Waals surface area contributed by atoms with Crippen molar-refractivity contribution in [3.8, 4) is 22.0 Å². The summed E-state index contributed by atoms with van der Waals surface area (Å²) in [7, 11) is 0. The molecule has 0 bridgehead atoms. The first kappa shape index (κ1) is 10.4. The molecular formula is C12H7N5OS. The summed E-state index contributed by atoms with van der Waals surface area (Å²) >= 11 is 1.47. The Kier molecular flexibility index (Phi) is 2.18. The highest BCUT2D eigenvalue weighted by molar-refractivity contribution is 7.19. The fourth-order valence-corrected chi connectivity index (χ4v) is 2.62. The molecule has 4 heterocycles. The minimum absolute atomic E-state index is 0.689. The van der Waals surface area contributed by atoms with Crippen molar-refractivity contribution in [1.82, 2.24) is 24.8 Å². The van der Waals surface area contributed by atoms with Crippen LogP contribution in [0, 0.1) is 0 Å². The van der Waals surface area contributed by atoms with Crippen LogP contribution in [0.15, 0.2) is 47.5 Å². The summed E-state index contributed by atoms with van der Waals surface area (Å²) < 4.78 is 6.79. The normalized spacial score (nSPS) is 11.2. The van der Waals surface area contributed by atoms with Crippen LogP contribution in [0.1, 0.15) is 0 Å². The highest BCUT2D eigenvalue weighted by Crippen LogP contribution is 2.27. The number of nitrogens with zero attached hydrogens (tertiary/aromatic N) is 5. The number of rotatable bonds is 2. The smallest absolute Gasteiger partial charge is 0.235 e. The third kappa shape index (κ3) is 1.63. The molecule has 0 unspecified atom stereocenters. The summed E-state index contributed by atoms with van der Waals surface area (Å²) in [6.07, 6.45) is 6.75. The molecule has 0 aliphatic carbocycles. The van der Waals surface area contributed by atoms with Gasteiger partial charge in [0.05, 0.1) is 11.8 Å². The van der Waals surface area contributed by atoms with Crippen LogP contribution in [0.4, 0.5) is 0 Å². The summed E-state index contributed by atoms with van der Waals surface area (Å²) in [6, 6.07) is 5.66. The zero-order valence-corrected chi connectivity index (χ0v) is 10.4. The van der Waals surface area contributed by atoms with Crippen molar-refractivity contribution in [1.29, 1.82) is 0 Å². The lowest BCUT2D eigenvalue weighted by Gasteiger charge is -1.94. The van der Waals surface area contributed by atoms with Crippen molar-refractivity contribution in [3.05, 3.63) is 43.1 Å². The van der Waals surface area contributed by atoms with E-state index in [1.54, 1.807) is 29.4 Å². The predicted molar refractivity (Wildman–Crippen MR) is 69.6 cm³/mol. The van der Waals surface area contributed by atoms with E-state index in [0.29, 0.717) is 5.82 Å². The third-order valence-electron chi connectivity index (χ3n) is 2.68. The van der Waals surface area contributed by atoms with Crippen LogP contribution >= 0.6 is 11.3 Å². The van der Waals surface area contributed by atoms with Gasteiger partial charge in [-0.2, -0.15) is 9.61 Å². The van der Waals surface area contributed by atoms with Crippen LogP contribution in [0.3, 0.4) is 0 Å². The van der Waals surface area contributed by atoms with Crippen molar-refractivity contribution >= 4 is 16.3 Å². The van der Waals surface area contributed by atoms with Crippen LogP contribution in [-0.2, 0) is 0 Å². The predicted octanol–water partition coefficient (Wildman–Crippen LogP) is 2.51. The monoisotopic (exact) mass is 269 g/mol. The van der Waals surface area contributed by atoms with Crippen molar-refractivity contribution in [3.63, 3.8) is 0 Å². The second-order valence-electron chi connectivity index (χ2n) is 3.88. The van der Waals surface area contributed by atoms with E-state index in [0.717, 1.165) is 21.1 Å². The molecule has 7 heteroatoms. The fraction of sp³-hybridized carbons (Fsp3) is 0. The minimum Gasteiger partial charge on any atom is -0.472 e. The van der Waals surface area contributed by atoms with Gasteiger partial charge in [0, 0.05) is 18.0 Å². The van der Waals surface area contributed by atoms with Gasteiger partial charge in [-0.15, -0.1) is 10.2 Å². The number of pyridine rings is 1. The molecule has 0 aliphatic heterocycles. The highest BCUT2D eigenvalue weighted by Gasteiger charge is 2.14. The molecule has 4 aromatic heterocycles. The standard InChI is InChI=1S/C12H7N5OS/c1-2-8(6-13-4-1)10-14-15-12-17(10)16-11(19-12)9-3-5-18-7-9/h1-7H. The van der Waals surface area contributed by atoms with E-state index in [9.17, 15) is 0 Å². The first-order chi connectivity index (χ1) is 9.42. The molecule has 0 fully saturated rings. The Morgan fingerprint density at radius 1 is 1.16 bits per heavy atom. The number of furan rings is 1. The molecule has 92 valence electrons. The van der Waals surface area contributed by atoms with Gasteiger partial charge in [-0.05, 0) is 18.2 Å². The van der Waals surface area contributed by atoms with Gasteiger partial charge in [0.15, 0.2) is 10.8 Å². The molecule has 4 rings (SSSR count). The molecule has 0 saturated heterocycles. The van der Waals surface area contributed by atoms with Crippen LogP contribution in [0.5, 0.6) is 0 Å². The van der Waals surface area contributed by atoms with Crippen LogP contribution in [0.25, 0.3) is 26.9 Å². The molecule has 6 nitrogen and oxygen atoms in total. The lowest BCUT2D eigenvalue weighted by atomic mass is 10.3. The molecule has 0 radical (unpaired) electrons. The molecule has 0 aromatic carbocycles. The second kappa shape index (κ2) is 3.99. The van der Waals surface area contributed by atoms with E-state index in [1.807, 2.05) is 18.2 Å². The molecule has 0 atom stereocenters. The average molecular weight is 269 g/mol. The molecule has 0 saturated carbocycles. The SMILES string of the molecule is c1cncc(-c2nnc3sc(-c4ccoc4)nn23)c1. The Morgan fingerprint density at radius 3 is 2.95 bits per heavy atom. The van der Waals surface area contributed by atoms with Crippen LogP contribution in [0.2, 0.25) is 0 Å². The number of fused-ring (bicyclic) bond motifs is 1. The van der Waals surface area contributed by atoms with Crippen LogP contribution < -0.4 is 0 Å². The Hall–Kier alpha value is -2.54. The second-order valence-corrected chi connectivity index (χ2v) is 4.83. The lowest BCUT2D eigenvalue weighted by Crippen LogP contribution is -1.90. The summed E-state index contributed by atoms with van der Waals surface area (Å²) in [5.41, 5.74) is 1.83. The summed E-state index contributed by atoms with van der Waals surface area (Å²) in [5.74, 6) is 0.689. The maximum Gasteiger partial charge on any atom is 0.235 e. The van der Waals surface area contributed by atoms with Gasteiger partial charge in [0.1, 0.15) is 6.26 Å². The molecule has 0 amide bonds. The average Bonchev–Trinajstić information content (AvgIpc) is 3.15. The maximum absolute atomic E-state index is 5.07. The molecule has 4 aromatic rings. The van der Waals surface area contributed by atoms with Gasteiger partial charge in [-0.1, -0.05) is 11.3 Å². The topological polar surface area (TPSA) is 69.1 Å². The van der Waals surface area contributed by atoms with Gasteiger partial charge in [0.25, 0.3) is 0 Å². The summed E-state index contributed by atoms with van der Waals surface area (Å²) in [6.45, 7) is 0. The largest absolute Gasteiger partial charge is 0.472 e. The summed E-state index contributed by atoms with van der Waals surface area (Å²) in [4.78, 5) is 4.83. The zero-order chi connectivity index (χ0) is 12.7. The van der Waals surface area contributed by atoms with E-state index in [2.05, 4.69) is 20.3 Å². The Morgan fingerprint density at radius 2 is 2.16 bits per heavy atom. The van der Waals surface area contributed by atoms with Crippen LogP contribution in [-0.4, -0.2) is 24.8 Å². The zero-order valence-electron chi connectivity index (χ0n) is 9.59. The Balaban J connectivity index is 1.90. The Labute approximate surface area is 111 Å². The molecule has 0 N–H and O–H groups in total. The van der Waals surface area contributed by atoms with E-state index >= 15 is 0 Å². The van der Waals surface area contributed by atoms with Crippen molar-refractivity contribution in [2.75, 3.05) is 0 Å². The van der Waals surface area contributed by atoms with Crippen molar-refractivity contribution in [2.24, 2.45) is 0 Å². The number of hydrogen-bond donors (Lipinski definition) is 0. The number of hydrogen-bond acceptors (Lipinski definition) is 6. The third-order valence-corrected chi connectivity index (χ3v) is 3.63. The molecule has 0 aliphatic rings. The number of aromatic nitrogens is 5. The minimum atomic E-state index is 0.689. The first-order valence-corrected chi connectivity index (χ1v) is 6.39. The van der Waals surface area contributed by atoms with Gasteiger partial charge < -0.3 is 4.42 Å². The maximum atomic E-state index is 5.07. The fourth-order valence-electron chi connectivity index (χ4n) is 1.79. The van der Waals surface area contributed by atoms with E-state index in [1.165, 1.54) is 11.3 Å². The van der Waals surface area contributed by atoms with Gasteiger partial charge in [-0.25, -0.2) is 0 Å². The van der Waals surface area contributed by atoms with E-state index < -0.39 is 0 Å². The Bertz CT molecular complexity index is 818. The highest BCUT2D eigenvalue weighted by atomic mass is 32.1.